The van der Waals surface area contributed by atoms with Gasteiger partial charge in [0.1, 0.15) is 0 Å². The summed E-state index contributed by atoms with van der Waals surface area (Å²) < 4.78 is 79.6. The standard InChI is InChI=1S/C23H21ClF6N2O2/c1-13(33)31-19-6-7-32(20(12-19)8-14-2-4-18(24)5-3-14)21(34)15-9-16(22(25,26)27)11-17(10-15)23(28,29)30/h2-5,9-11,19-20H,6-8,12H2,1H3,(H,31,33). The number of hydrogen-bond donors (Lipinski definition) is 1. The lowest BCUT2D eigenvalue weighted by Crippen LogP contribution is -2.52. The fraction of sp³-hybridized carbons (Fsp3) is 0.391. The molecule has 1 fully saturated rings. The average Bonchev–Trinajstić information content (AvgIpc) is 2.73. The van der Waals surface area contributed by atoms with E-state index in [-0.39, 0.29) is 31.0 Å². The van der Waals surface area contributed by atoms with Crippen LogP contribution in [0.3, 0.4) is 0 Å². The molecule has 11 heteroatoms. The van der Waals surface area contributed by atoms with Gasteiger partial charge >= 0.3 is 12.4 Å². The average molecular weight is 507 g/mol. The van der Waals surface area contributed by atoms with Crippen molar-refractivity contribution < 1.29 is 35.9 Å². The van der Waals surface area contributed by atoms with Gasteiger partial charge in [0.05, 0.1) is 11.1 Å². The number of piperidine rings is 1. The van der Waals surface area contributed by atoms with Crippen LogP contribution in [0.4, 0.5) is 26.3 Å². The van der Waals surface area contributed by atoms with Crippen LogP contribution in [0.1, 0.15) is 46.8 Å². The van der Waals surface area contributed by atoms with Gasteiger partial charge in [0.2, 0.25) is 5.91 Å². The summed E-state index contributed by atoms with van der Waals surface area (Å²) in [5.41, 5.74) is -3.02. The van der Waals surface area contributed by atoms with Gasteiger partial charge in [-0.2, -0.15) is 26.3 Å². The van der Waals surface area contributed by atoms with Crippen molar-refractivity contribution in [1.82, 2.24) is 10.2 Å². The molecule has 2 aromatic rings. The minimum Gasteiger partial charge on any atom is -0.353 e. The number of alkyl halides is 6. The highest BCUT2D eigenvalue weighted by Crippen LogP contribution is 2.37. The Balaban J connectivity index is 1.96. The SMILES string of the molecule is CC(=O)NC1CCN(C(=O)c2cc(C(F)(F)F)cc(C(F)(F)F)c2)C(Cc2ccc(Cl)cc2)C1. The van der Waals surface area contributed by atoms with Crippen molar-refractivity contribution in [1.29, 1.82) is 0 Å². The number of likely N-dealkylation sites (tertiary alicyclic amines) is 1. The molecular weight excluding hydrogens is 486 g/mol. The Kier molecular flexibility index (Phi) is 7.50. The number of nitrogens with one attached hydrogen (secondary N) is 1. The predicted molar refractivity (Wildman–Crippen MR) is 113 cm³/mol. The zero-order valence-electron chi connectivity index (χ0n) is 17.9. The summed E-state index contributed by atoms with van der Waals surface area (Å²) in [5.74, 6) is -1.21. The fourth-order valence-corrected chi connectivity index (χ4v) is 4.19. The third-order valence-corrected chi connectivity index (χ3v) is 5.86. The number of carbonyl (C=O) groups is 2. The molecule has 3 rings (SSSR count). The van der Waals surface area contributed by atoms with Gasteiger partial charge in [0.25, 0.3) is 5.91 Å². The van der Waals surface area contributed by atoms with Gasteiger partial charge in [-0.1, -0.05) is 23.7 Å². The maximum atomic E-state index is 13.3. The number of halogens is 7. The third-order valence-electron chi connectivity index (χ3n) is 5.60. The van der Waals surface area contributed by atoms with Gasteiger partial charge in [-0.3, -0.25) is 9.59 Å². The Morgan fingerprint density at radius 2 is 1.56 bits per heavy atom. The van der Waals surface area contributed by atoms with Gasteiger partial charge in [0, 0.05) is 36.1 Å². The van der Waals surface area contributed by atoms with Crippen molar-refractivity contribution in [2.45, 2.75) is 50.6 Å². The Morgan fingerprint density at radius 3 is 2.06 bits per heavy atom. The summed E-state index contributed by atoms with van der Waals surface area (Å²) in [4.78, 5) is 26.0. The topological polar surface area (TPSA) is 49.4 Å². The van der Waals surface area contributed by atoms with E-state index in [1.165, 1.54) is 11.8 Å². The van der Waals surface area contributed by atoms with Crippen LogP contribution in [0.15, 0.2) is 42.5 Å². The van der Waals surface area contributed by atoms with Crippen LogP contribution in [0.5, 0.6) is 0 Å². The Morgan fingerprint density at radius 1 is 1.00 bits per heavy atom. The van der Waals surface area contributed by atoms with E-state index in [4.69, 9.17) is 11.6 Å². The van der Waals surface area contributed by atoms with Gasteiger partial charge in [0.15, 0.2) is 0 Å². The summed E-state index contributed by atoms with van der Waals surface area (Å²) in [5, 5.41) is 3.25. The first-order valence-electron chi connectivity index (χ1n) is 10.4. The number of hydrogen-bond acceptors (Lipinski definition) is 2. The number of benzene rings is 2. The Labute approximate surface area is 196 Å². The fourth-order valence-electron chi connectivity index (χ4n) is 4.07. The second-order valence-electron chi connectivity index (χ2n) is 8.20. The summed E-state index contributed by atoms with van der Waals surface area (Å²) in [6, 6.07) is 6.74. The minimum absolute atomic E-state index is 0.00894. The molecule has 2 aromatic carbocycles. The monoisotopic (exact) mass is 506 g/mol. The van der Waals surface area contributed by atoms with Crippen LogP contribution < -0.4 is 5.32 Å². The molecule has 0 saturated carbocycles. The van der Waals surface area contributed by atoms with Crippen molar-refractivity contribution in [3.8, 4) is 0 Å². The van der Waals surface area contributed by atoms with Gasteiger partial charge < -0.3 is 10.2 Å². The molecule has 0 aromatic heterocycles. The molecule has 4 nitrogen and oxygen atoms in total. The van der Waals surface area contributed by atoms with Crippen LogP contribution in [0.25, 0.3) is 0 Å². The van der Waals surface area contributed by atoms with Gasteiger partial charge in [-0.05, 0) is 55.2 Å². The number of carbonyl (C=O) groups excluding carboxylic acids is 2. The van der Waals surface area contributed by atoms with E-state index in [0.29, 0.717) is 30.0 Å². The maximum absolute atomic E-state index is 13.3. The molecule has 0 radical (unpaired) electrons. The third kappa shape index (κ3) is 6.43. The molecular formula is C23H21ClF6N2O2. The zero-order chi connectivity index (χ0) is 25.3. The van der Waals surface area contributed by atoms with Crippen LogP contribution >= 0.6 is 11.6 Å². The molecule has 1 heterocycles. The largest absolute Gasteiger partial charge is 0.416 e. The first-order valence-corrected chi connectivity index (χ1v) is 10.7. The Bertz CT molecular complexity index is 1020. The molecule has 1 aliphatic heterocycles. The molecule has 184 valence electrons. The van der Waals surface area contributed by atoms with Crippen LogP contribution in [0.2, 0.25) is 5.02 Å². The number of amides is 2. The maximum Gasteiger partial charge on any atom is 0.416 e. The first kappa shape index (κ1) is 25.9. The highest BCUT2D eigenvalue weighted by atomic mass is 35.5. The highest BCUT2D eigenvalue weighted by Gasteiger charge is 2.39. The van der Waals surface area contributed by atoms with Gasteiger partial charge in [-0.15, -0.1) is 0 Å². The minimum atomic E-state index is -5.06. The van der Waals surface area contributed by atoms with Crippen molar-refractivity contribution in [2.24, 2.45) is 0 Å². The lowest BCUT2D eigenvalue weighted by molar-refractivity contribution is -0.143. The molecule has 2 atom stereocenters. The molecule has 0 aliphatic carbocycles. The molecule has 1 saturated heterocycles. The van der Waals surface area contributed by atoms with E-state index in [0.717, 1.165) is 5.56 Å². The van der Waals surface area contributed by atoms with Crippen LogP contribution in [-0.2, 0) is 23.6 Å². The quantitative estimate of drug-likeness (QED) is 0.538. The van der Waals surface area contributed by atoms with Crippen LogP contribution in [0, 0.1) is 0 Å². The van der Waals surface area contributed by atoms with Crippen LogP contribution in [-0.4, -0.2) is 35.3 Å². The molecule has 1 N–H and O–H groups in total. The molecule has 0 bridgehead atoms. The van der Waals surface area contributed by atoms with Crippen molar-refractivity contribution in [3.05, 3.63) is 69.7 Å². The number of rotatable bonds is 4. The second kappa shape index (κ2) is 9.85. The van der Waals surface area contributed by atoms with E-state index in [1.807, 2.05) is 0 Å². The summed E-state index contributed by atoms with van der Waals surface area (Å²) in [7, 11) is 0. The molecule has 2 unspecified atom stereocenters. The zero-order valence-corrected chi connectivity index (χ0v) is 18.7. The highest BCUT2D eigenvalue weighted by molar-refractivity contribution is 6.30. The van der Waals surface area contributed by atoms with E-state index >= 15 is 0 Å². The van der Waals surface area contributed by atoms with E-state index < -0.39 is 41.0 Å². The summed E-state index contributed by atoms with van der Waals surface area (Å²) in [6.45, 7) is 1.40. The lowest BCUT2D eigenvalue weighted by Gasteiger charge is -2.40. The van der Waals surface area contributed by atoms with Crippen molar-refractivity contribution >= 4 is 23.4 Å². The van der Waals surface area contributed by atoms with Gasteiger partial charge in [-0.25, -0.2) is 0 Å². The second-order valence-corrected chi connectivity index (χ2v) is 8.64. The molecule has 2 amide bonds. The molecule has 1 aliphatic rings. The van der Waals surface area contributed by atoms with Crippen molar-refractivity contribution in [3.63, 3.8) is 0 Å². The van der Waals surface area contributed by atoms with E-state index in [2.05, 4.69) is 5.32 Å². The van der Waals surface area contributed by atoms with E-state index in [9.17, 15) is 35.9 Å². The predicted octanol–water partition coefficient (Wildman–Crippen LogP) is 5.73. The Hall–Kier alpha value is -2.75. The molecule has 0 spiro atoms. The molecule has 34 heavy (non-hydrogen) atoms. The number of nitrogens with zero attached hydrogens (tertiary/aromatic N) is 1. The lowest BCUT2D eigenvalue weighted by atomic mass is 9.91. The first-order chi connectivity index (χ1) is 15.7. The summed E-state index contributed by atoms with van der Waals surface area (Å²) >= 11 is 5.90. The smallest absolute Gasteiger partial charge is 0.353 e. The summed E-state index contributed by atoms with van der Waals surface area (Å²) in [6.07, 6.45) is -9.23. The van der Waals surface area contributed by atoms with Crippen molar-refractivity contribution in [2.75, 3.05) is 6.54 Å². The normalized spacial score (nSPS) is 19.1. The van der Waals surface area contributed by atoms with E-state index in [1.54, 1.807) is 24.3 Å².